The molecule has 0 spiro atoms. The smallest absolute Gasteiger partial charge is 0.00741 e. The highest BCUT2D eigenvalue weighted by Crippen LogP contribution is 2.14. The van der Waals surface area contributed by atoms with Crippen LogP contribution in [0.3, 0.4) is 0 Å². The lowest BCUT2D eigenvalue weighted by Crippen LogP contribution is -2.02. The summed E-state index contributed by atoms with van der Waals surface area (Å²) >= 11 is 0. The topological polar surface area (TPSA) is 26.0 Å². The SMILES string of the molecule is CCc1ccc(C)cc1CCCN. The van der Waals surface area contributed by atoms with Crippen molar-refractivity contribution < 1.29 is 0 Å². The first-order valence-electron chi connectivity index (χ1n) is 5.06. The minimum atomic E-state index is 0.789. The Kier molecular flexibility index (Phi) is 3.97. The van der Waals surface area contributed by atoms with Crippen LogP contribution in [0.4, 0.5) is 0 Å². The Morgan fingerprint density at radius 3 is 2.62 bits per heavy atom. The van der Waals surface area contributed by atoms with E-state index in [2.05, 4.69) is 32.0 Å². The van der Waals surface area contributed by atoms with Crippen LogP contribution in [0.25, 0.3) is 0 Å². The summed E-state index contributed by atoms with van der Waals surface area (Å²) in [6.45, 7) is 5.14. The van der Waals surface area contributed by atoms with E-state index in [1.165, 1.54) is 16.7 Å². The van der Waals surface area contributed by atoms with Gasteiger partial charge in [0.05, 0.1) is 0 Å². The summed E-state index contributed by atoms with van der Waals surface area (Å²) in [5.74, 6) is 0. The molecule has 1 aromatic carbocycles. The van der Waals surface area contributed by atoms with Crippen LogP contribution in [0.1, 0.15) is 30.0 Å². The molecule has 0 aliphatic rings. The van der Waals surface area contributed by atoms with Crippen LogP contribution >= 0.6 is 0 Å². The van der Waals surface area contributed by atoms with Crippen molar-refractivity contribution in [2.45, 2.75) is 33.1 Å². The molecule has 1 nitrogen and oxygen atoms in total. The third-order valence-corrected chi connectivity index (χ3v) is 2.39. The zero-order valence-corrected chi connectivity index (χ0v) is 8.64. The predicted molar refractivity (Wildman–Crippen MR) is 57.9 cm³/mol. The van der Waals surface area contributed by atoms with Gasteiger partial charge in [0.15, 0.2) is 0 Å². The first-order chi connectivity index (χ1) is 6.27. The van der Waals surface area contributed by atoms with E-state index in [-0.39, 0.29) is 0 Å². The molecule has 0 amide bonds. The Labute approximate surface area is 81.0 Å². The van der Waals surface area contributed by atoms with Crippen LogP contribution in [-0.4, -0.2) is 6.54 Å². The molecule has 2 N–H and O–H groups in total. The van der Waals surface area contributed by atoms with Gasteiger partial charge in [-0.3, -0.25) is 0 Å². The molecule has 0 saturated carbocycles. The van der Waals surface area contributed by atoms with Crippen molar-refractivity contribution in [1.29, 1.82) is 0 Å². The molecule has 0 atom stereocenters. The fourth-order valence-corrected chi connectivity index (χ4v) is 1.62. The summed E-state index contributed by atoms with van der Waals surface area (Å²) in [6, 6.07) is 6.71. The van der Waals surface area contributed by atoms with Gasteiger partial charge in [-0.2, -0.15) is 0 Å². The first-order valence-corrected chi connectivity index (χ1v) is 5.06. The molecule has 1 heteroatoms. The van der Waals surface area contributed by atoms with Crippen molar-refractivity contribution in [2.24, 2.45) is 5.73 Å². The van der Waals surface area contributed by atoms with Crippen LogP contribution in [0.15, 0.2) is 18.2 Å². The van der Waals surface area contributed by atoms with Crippen LogP contribution in [0.5, 0.6) is 0 Å². The molecule has 0 aliphatic heterocycles. The molecule has 0 aromatic heterocycles. The van der Waals surface area contributed by atoms with E-state index in [0.717, 1.165) is 25.8 Å². The summed E-state index contributed by atoms with van der Waals surface area (Å²) in [5, 5.41) is 0. The van der Waals surface area contributed by atoms with Crippen LogP contribution in [0.2, 0.25) is 0 Å². The van der Waals surface area contributed by atoms with Crippen LogP contribution < -0.4 is 5.73 Å². The first kappa shape index (κ1) is 10.3. The van der Waals surface area contributed by atoms with E-state index >= 15 is 0 Å². The molecular weight excluding hydrogens is 158 g/mol. The molecule has 0 unspecified atom stereocenters. The highest BCUT2D eigenvalue weighted by Gasteiger charge is 1.99. The standard InChI is InChI=1S/C12H19N/c1-3-11-7-6-10(2)9-12(11)5-4-8-13/h6-7,9H,3-5,8,13H2,1-2H3. The normalized spacial score (nSPS) is 10.4. The molecule has 0 heterocycles. The number of hydrogen-bond acceptors (Lipinski definition) is 1. The van der Waals surface area contributed by atoms with E-state index in [1.807, 2.05) is 0 Å². The van der Waals surface area contributed by atoms with Gasteiger partial charge in [0, 0.05) is 0 Å². The number of nitrogens with two attached hydrogens (primary N) is 1. The van der Waals surface area contributed by atoms with Gasteiger partial charge in [-0.15, -0.1) is 0 Å². The average Bonchev–Trinajstić information content (AvgIpc) is 2.15. The highest BCUT2D eigenvalue weighted by molar-refractivity contribution is 5.31. The lowest BCUT2D eigenvalue weighted by Gasteiger charge is -2.08. The molecule has 0 fully saturated rings. The Hall–Kier alpha value is -0.820. The molecule has 0 saturated heterocycles. The lowest BCUT2D eigenvalue weighted by atomic mass is 9.99. The van der Waals surface area contributed by atoms with Gasteiger partial charge in [0.25, 0.3) is 0 Å². The van der Waals surface area contributed by atoms with E-state index in [4.69, 9.17) is 5.73 Å². The summed E-state index contributed by atoms with van der Waals surface area (Å²) in [4.78, 5) is 0. The molecule has 72 valence electrons. The molecule has 0 radical (unpaired) electrons. The van der Waals surface area contributed by atoms with Crippen molar-refractivity contribution >= 4 is 0 Å². The predicted octanol–water partition coefficient (Wildman–Crippen LogP) is 2.45. The molecule has 1 aromatic rings. The number of aryl methyl sites for hydroxylation is 3. The molecule has 13 heavy (non-hydrogen) atoms. The van der Waals surface area contributed by atoms with Crippen molar-refractivity contribution in [3.05, 3.63) is 34.9 Å². The molecule has 0 bridgehead atoms. The van der Waals surface area contributed by atoms with Gasteiger partial charge >= 0.3 is 0 Å². The Morgan fingerprint density at radius 1 is 1.23 bits per heavy atom. The van der Waals surface area contributed by atoms with Gasteiger partial charge in [-0.25, -0.2) is 0 Å². The average molecular weight is 177 g/mol. The van der Waals surface area contributed by atoms with Crippen LogP contribution in [0, 0.1) is 6.92 Å². The highest BCUT2D eigenvalue weighted by atomic mass is 14.5. The molecule has 1 rings (SSSR count). The monoisotopic (exact) mass is 177 g/mol. The maximum atomic E-state index is 5.51. The Bertz CT molecular complexity index is 266. The number of rotatable bonds is 4. The Balaban J connectivity index is 2.81. The Morgan fingerprint density at radius 2 is 2.00 bits per heavy atom. The second kappa shape index (κ2) is 5.03. The summed E-state index contributed by atoms with van der Waals surface area (Å²) in [6.07, 6.45) is 3.35. The molecule has 0 aliphatic carbocycles. The second-order valence-electron chi connectivity index (χ2n) is 3.52. The summed E-state index contributed by atoms with van der Waals surface area (Å²) in [7, 11) is 0. The fourth-order valence-electron chi connectivity index (χ4n) is 1.62. The van der Waals surface area contributed by atoms with E-state index in [9.17, 15) is 0 Å². The summed E-state index contributed by atoms with van der Waals surface area (Å²) < 4.78 is 0. The quantitative estimate of drug-likeness (QED) is 0.751. The maximum Gasteiger partial charge on any atom is -0.00741 e. The third kappa shape index (κ3) is 2.85. The van der Waals surface area contributed by atoms with Gasteiger partial charge < -0.3 is 5.73 Å². The van der Waals surface area contributed by atoms with Crippen molar-refractivity contribution in [3.63, 3.8) is 0 Å². The van der Waals surface area contributed by atoms with E-state index in [0.29, 0.717) is 0 Å². The van der Waals surface area contributed by atoms with Crippen molar-refractivity contribution in [3.8, 4) is 0 Å². The number of benzene rings is 1. The van der Waals surface area contributed by atoms with Crippen molar-refractivity contribution in [2.75, 3.05) is 6.54 Å². The van der Waals surface area contributed by atoms with Gasteiger partial charge in [0.2, 0.25) is 0 Å². The fraction of sp³-hybridized carbons (Fsp3) is 0.500. The van der Waals surface area contributed by atoms with E-state index < -0.39 is 0 Å². The van der Waals surface area contributed by atoms with E-state index in [1.54, 1.807) is 0 Å². The zero-order chi connectivity index (χ0) is 9.68. The van der Waals surface area contributed by atoms with Crippen LogP contribution in [-0.2, 0) is 12.8 Å². The molecular formula is C12H19N. The third-order valence-electron chi connectivity index (χ3n) is 2.39. The zero-order valence-electron chi connectivity index (χ0n) is 8.64. The van der Waals surface area contributed by atoms with Gasteiger partial charge in [-0.1, -0.05) is 30.7 Å². The van der Waals surface area contributed by atoms with Crippen molar-refractivity contribution in [1.82, 2.24) is 0 Å². The maximum absolute atomic E-state index is 5.51. The lowest BCUT2D eigenvalue weighted by molar-refractivity contribution is 0.821. The van der Waals surface area contributed by atoms with Gasteiger partial charge in [-0.05, 0) is 43.9 Å². The largest absolute Gasteiger partial charge is 0.330 e. The number of hydrogen-bond donors (Lipinski definition) is 1. The minimum absolute atomic E-state index is 0.789. The minimum Gasteiger partial charge on any atom is -0.330 e. The summed E-state index contributed by atoms with van der Waals surface area (Å²) in [5.41, 5.74) is 9.81. The van der Waals surface area contributed by atoms with Gasteiger partial charge in [0.1, 0.15) is 0 Å². The second-order valence-corrected chi connectivity index (χ2v) is 3.52.